The van der Waals surface area contributed by atoms with Gasteiger partial charge < -0.3 is 13.9 Å². The molecule has 0 spiro atoms. The molecule has 1 heterocycles. The molecule has 8 heteroatoms. The van der Waals surface area contributed by atoms with Gasteiger partial charge in [-0.15, -0.1) is 0 Å². The van der Waals surface area contributed by atoms with Crippen molar-refractivity contribution in [3.8, 4) is 5.75 Å². The molecular formula is C21H23NO6S. The molecule has 0 saturated heterocycles. The lowest BCUT2D eigenvalue weighted by molar-refractivity contribution is 0.0491. The molecule has 154 valence electrons. The summed E-state index contributed by atoms with van der Waals surface area (Å²) in [7, 11) is -2.13. The molecule has 1 aromatic heterocycles. The average Bonchev–Trinajstić information content (AvgIpc) is 3.04. The number of ether oxygens (including phenoxy) is 2. The summed E-state index contributed by atoms with van der Waals surface area (Å²) >= 11 is 0. The normalized spacial score (nSPS) is 11.6. The molecule has 0 aliphatic carbocycles. The van der Waals surface area contributed by atoms with E-state index in [2.05, 4.69) is 4.72 Å². The number of sulfonamides is 1. The van der Waals surface area contributed by atoms with Crippen LogP contribution in [0.3, 0.4) is 0 Å². The van der Waals surface area contributed by atoms with Gasteiger partial charge in [-0.05, 0) is 56.2 Å². The molecule has 0 saturated carbocycles. The molecule has 0 bridgehead atoms. The largest absolute Gasteiger partial charge is 0.497 e. The van der Waals surface area contributed by atoms with E-state index in [1.54, 1.807) is 27.0 Å². The Bertz CT molecular complexity index is 1130. The number of hydrogen-bond acceptors (Lipinski definition) is 6. The first-order chi connectivity index (χ1) is 13.9. The first kappa shape index (κ1) is 20.9. The second-order valence-corrected chi connectivity index (χ2v) is 8.20. The molecular weight excluding hydrogens is 394 g/mol. The molecule has 0 aliphatic rings. The fraction of sp³-hybridized carbons (Fsp3) is 0.286. The van der Waals surface area contributed by atoms with Gasteiger partial charge in [0.05, 0.1) is 18.6 Å². The third-order valence-electron chi connectivity index (χ3n) is 4.52. The minimum absolute atomic E-state index is 0.0855. The van der Waals surface area contributed by atoms with Crippen LogP contribution < -0.4 is 9.46 Å². The van der Waals surface area contributed by atoms with Gasteiger partial charge in [-0.1, -0.05) is 12.1 Å². The van der Waals surface area contributed by atoms with Gasteiger partial charge in [-0.2, -0.15) is 0 Å². The molecule has 0 unspecified atom stereocenters. The third kappa shape index (κ3) is 4.60. The lowest BCUT2D eigenvalue weighted by atomic mass is 10.1. The van der Waals surface area contributed by atoms with Crippen molar-refractivity contribution in [2.24, 2.45) is 0 Å². The van der Waals surface area contributed by atoms with Crippen molar-refractivity contribution in [1.82, 2.24) is 4.72 Å². The summed E-state index contributed by atoms with van der Waals surface area (Å²) in [6.45, 7) is 3.88. The Morgan fingerprint density at radius 2 is 1.97 bits per heavy atom. The van der Waals surface area contributed by atoms with Crippen molar-refractivity contribution in [1.29, 1.82) is 0 Å². The highest BCUT2D eigenvalue weighted by Gasteiger charge is 2.21. The number of methoxy groups -OCH3 is 1. The van der Waals surface area contributed by atoms with Gasteiger partial charge >= 0.3 is 5.97 Å². The smallest absolute Gasteiger partial charge is 0.374 e. The summed E-state index contributed by atoms with van der Waals surface area (Å²) in [5, 5.41) is 0.559. The summed E-state index contributed by atoms with van der Waals surface area (Å²) in [5.74, 6) is 0.244. The van der Waals surface area contributed by atoms with Crippen molar-refractivity contribution in [2.45, 2.75) is 25.2 Å². The Labute approximate surface area is 169 Å². The molecule has 0 amide bonds. The first-order valence-corrected chi connectivity index (χ1v) is 10.7. The first-order valence-electron chi connectivity index (χ1n) is 9.18. The molecule has 29 heavy (non-hydrogen) atoms. The molecule has 0 radical (unpaired) electrons. The number of nitrogens with one attached hydrogen (secondary N) is 1. The standard InChI is InChI=1S/C21H23NO6S/c1-4-27-21(23)20-14(2)18-13-17(8-9-19(18)28-20)29(24,25)22-11-10-15-6-5-7-16(12-15)26-3/h5-9,12-13,22H,4,10-11H2,1-3H3. The second-order valence-electron chi connectivity index (χ2n) is 6.43. The summed E-state index contributed by atoms with van der Waals surface area (Å²) in [4.78, 5) is 12.1. The average molecular weight is 417 g/mol. The SMILES string of the molecule is CCOC(=O)c1oc2ccc(S(=O)(=O)NCCc3cccc(OC)c3)cc2c1C. The van der Waals surface area contributed by atoms with E-state index in [-0.39, 0.29) is 23.8 Å². The van der Waals surface area contributed by atoms with Gasteiger partial charge in [0.15, 0.2) is 0 Å². The van der Waals surface area contributed by atoms with Crippen molar-refractivity contribution in [2.75, 3.05) is 20.3 Å². The van der Waals surface area contributed by atoms with Crippen molar-refractivity contribution >= 4 is 27.0 Å². The Morgan fingerprint density at radius 3 is 2.69 bits per heavy atom. The van der Waals surface area contributed by atoms with E-state index in [1.807, 2.05) is 24.3 Å². The number of benzene rings is 2. The number of carbonyl (C=O) groups is 1. The van der Waals surface area contributed by atoms with Crippen molar-refractivity contribution in [3.63, 3.8) is 0 Å². The molecule has 0 aliphatic heterocycles. The Balaban J connectivity index is 1.77. The zero-order valence-electron chi connectivity index (χ0n) is 16.5. The topological polar surface area (TPSA) is 94.8 Å². The number of esters is 1. The highest BCUT2D eigenvalue weighted by Crippen LogP contribution is 2.28. The maximum atomic E-state index is 12.7. The van der Waals surface area contributed by atoms with Gasteiger partial charge in [0.2, 0.25) is 15.8 Å². The fourth-order valence-corrected chi connectivity index (χ4v) is 4.06. The van der Waals surface area contributed by atoms with E-state index >= 15 is 0 Å². The van der Waals surface area contributed by atoms with Gasteiger partial charge in [0, 0.05) is 17.5 Å². The monoisotopic (exact) mass is 417 g/mol. The molecule has 0 atom stereocenters. The van der Waals surface area contributed by atoms with Gasteiger partial charge in [-0.3, -0.25) is 0 Å². The van der Waals surface area contributed by atoms with Crippen LogP contribution in [-0.2, 0) is 21.2 Å². The van der Waals surface area contributed by atoms with Crippen LogP contribution in [0.2, 0.25) is 0 Å². The zero-order valence-corrected chi connectivity index (χ0v) is 17.3. The molecule has 2 aromatic carbocycles. The molecule has 3 aromatic rings. The summed E-state index contributed by atoms with van der Waals surface area (Å²) in [5.41, 5.74) is 1.94. The number of hydrogen-bond donors (Lipinski definition) is 1. The van der Waals surface area contributed by atoms with Crippen molar-refractivity contribution in [3.05, 3.63) is 59.4 Å². The van der Waals surface area contributed by atoms with E-state index in [0.29, 0.717) is 23.0 Å². The van der Waals surface area contributed by atoms with Crippen LogP contribution in [0.15, 0.2) is 51.8 Å². The van der Waals surface area contributed by atoms with E-state index in [4.69, 9.17) is 13.9 Å². The molecule has 0 fully saturated rings. The molecule has 1 N–H and O–H groups in total. The van der Waals surface area contributed by atoms with E-state index in [1.165, 1.54) is 12.1 Å². The number of rotatable bonds is 8. The van der Waals surface area contributed by atoms with Crippen LogP contribution in [0.4, 0.5) is 0 Å². The minimum Gasteiger partial charge on any atom is -0.497 e. The minimum atomic E-state index is -3.71. The predicted molar refractivity (Wildman–Crippen MR) is 109 cm³/mol. The maximum absolute atomic E-state index is 12.7. The summed E-state index contributed by atoms with van der Waals surface area (Å²) in [6, 6.07) is 12.0. The van der Waals surface area contributed by atoms with Gasteiger partial charge in [0.1, 0.15) is 11.3 Å². The van der Waals surface area contributed by atoms with Gasteiger partial charge in [-0.25, -0.2) is 17.9 Å². The van der Waals surface area contributed by atoms with Crippen LogP contribution in [-0.4, -0.2) is 34.6 Å². The number of aryl methyl sites for hydroxylation is 1. The highest BCUT2D eigenvalue weighted by atomic mass is 32.2. The van der Waals surface area contributed by atoms with Crippen LogP contribution in [0.25, 0.3) is 11.0 Å². The summed E-state index contributed by atoms with van der Waals surface area (Å²) in [6.07, 6.45) is 0.524. The van der Waals surface area contributed by atoms with Crippen LogP contribution in [0.5, 0.6) is 5.75 Å². The lowest BCUT2D eigenvalue weighted by Gasteiger charge is -2.08. The number of furan rings is 1. The Kier molecular flexibility index (Phi) is 6.24. The van der Waals surface area contributed by atoms with Crippen LogP contribution >= 0.6 is 0 Å². The predicted octanol–water partition coefficient (Wildman–Crippen LogP) is 3.45. The van der Waals surface area contributed by atoms with E-state index < -0.39 is 16.0 Å². The maximum Gasteiger partial charge on any atom is 0.374 e. The number of carbonyl (C=O) groups excluding carboxylic acids is 1. The van der Waals surface area contributed by atoms with E-state index in [0.717, 1.165) is 11.3 Å². The zero-order chi connectivity index (χ0) is 21.0. The third-order valence-corrected chi connectivity index (χ3v) is 5.98. The second kappa shape index (κ2) is 8.67. The molecule has 3 rings (SSSR count). The Morgan fingerprint density at radius 1 is 1.17 bits per heavy atom. The molecule has 7 nitrogen and oxygen atoms in total. The highest BCUT2D eigenvalue weighted by molar-refractivity contribution is 7.89. The lowest BCUT2D eigenvalue weighted by Crippen LogP contribution is -2.26. The Hall–Kier alpha value is -2.84. The summed E-state index contributed by atoms with van der Waals surface area (Å²) < 4.78 is 43.7. The van der Waals surface area contributed by atoms with E-state index in [9.17, 15) is 13.2 Å². The van der Waals surface area contributed by atoms with Crippen LogP contribution in [0.1, 0.15) is 28.6 Å². The quantitative estimate of drug-likeness (QED) is 0.564. The van der Waals surface area contributed by atoms with Gasteiger partial charge in [0.25, 0.3) is 0 Å². The number of fused-ring (bicyclic) bond motifs is 1. The fourth-order valence-electron chi connectivity index (χ4n) is 3.00. The van der Waals surface area contributed by atoms with Crippen LogP contribution in [0, 0.1) is 6.92 Å². The van der Waals surface area contributed by atoms with Crippen molar-refractivity contribution < 1.29 is 27.1 Å².